The first-order valence-corrected chi connectivity index (χ1v) is 31.7. The lowest BCUT2D eigenvalue weighted by Crippen LogP contribution is -2.65. The van der Waals surface area contributed by atoms with E-state index in [1.165, 1.54) is 116 Å². The molecule has 0 spiro atoms. The minimum Gasteiger partial charge on any atom is -0.394 e. The van der Waals surface area contributed by atoms with Gasteiger partial charge in [-0.05, 0) is 64.2 Å². The second kappa shape index (κ2) is 50.0. The van der Waals surface area contributed by atoms with Gasteiger partial charge in [-0.15, -0.1) is 0 Å². The smallest absolute Gasteiger partial charge is 0.220 e. The maximum Gasteiger partial charge on any atom is 0.220 e. The molecule has 2 rings (SSSR count). The van der Waals surface area contributed by atoms with Crippen LogP contribution in [0.3, 0.4) is 0 Å². The van der Waals surface area contributed by atoms with Crippen LogP contribution in [0, 0.1) is 0 Å². The van der Waals surface area contributed by atoms with Crippen LogP contribution in [0.15, 0.2) is 72.9 Å². The van der Waals surface area contributed by atoms with E-state index in [1.54, 1.807) is 0 Å². The summed E-state index contributed by atoms with van der Waals surface area (Å²) in [5.74, 6) is -0.213. The molecule has 0 saturated carbocycles. The summed E-state index contributed by atoms with van der Waals surface area (Å²) in [6.07, 6.45) is 48.9. The third-order valence-corrected chi connectivity index (χ3v) is 15.2. The third kappa shape index (κ3) is 35.2. The van der Waals surface area contributed by atoms with Crippen molar-refractivity contribution < 1.29 is 64.6 Å². The zero-order valence-corrected chi connectivity index (χ0v) is 49.3. The quantitative estimate of drug-likeness (QED) is 0.0204. The van der Waals surface area contributed by atoms with Gasteiger partial charge in [0, 0.05) is 6.42 Å². The number of nitrogens with one attached hydrogen (secondary N) is 1. The number of amides is 1. The van der Waals surface area contributed by atoms with Gasteiger partial charge < -0.3 is 65.1 Å². The number of hydrogen-bond acceptors (Lipinski definition) is 13. The molecule has 14 heteroatoms. The molecule has 12 unspecified atom stereocenters. The Hall–Kier alpha value is -2.57. The lowest BCUT2D eigenvalue weighted by Gasteiger charge is -2.46. The van der Waals surface area contributed by atoms with Crippen LogP contribution in [0.1, 0.15) is 239 Å². The Bertz CT molecular complexity index is 1600. The standard InChI is InChI=1S/C65H115NO13/c1-3-5-7-9-11-13-15-17-19-21-22-23-24-25-26-27-28-29-30-31-32-33-35-37-39-41-43-45-47-49-57(70)66-53(54(69)48-46-44-42-40-38-36-34-20-18-16-14-12-10-8-6-4-2)52-76-64-62(75)60(73)63(56(51-68)78-64)79-65-61(74)59(72)58(71)55(50-67)77-65/h5,7,11,13,17,19,22-23,25-26,28-29,53-56,58-65,67-69,71-75H,3-4,6,8-10,12,14-16,18,20-21,24,27,30-52H2,1-2H3,(H,66,70)/b7-5-,13-11-,19-17-,23-22-,26-25-,29-28-. The molecule has 2 aliphatic rings. The van der Waals surface area contributed by atoms with E-state index < -0.39 is 86.8 Å². The number of unbranched alkanes of at least 4 members (excludes halogenated alkanes) is 25. The van der Waals surface area contributed by atoms with Crippen molar-refractivity contribution in [1.29, 1.82) is 0 Å². The van der Waals surface area contributed by atoms with E-state index in [2.05, 4.69) is 92.1 Å². The van der Waals surface area contributed by atoms with Gasteiger partial charge >= 0.3 is 0 Å². The van der Waals surface area contributed by atoms with Crippen molar-refractivity contribution in [2.75, 3.05) is 19.8 Å². The molecule has 2 fully saturated rings. The predicted octanol–water partition coefficient (Wildman–Crippen LogP) is 11.5. The minimum absolute atomic E-state index is 0.213. The highest BCUT2D eigenvalue weighted by molar-refractivity contribution is 5.76. The summed E-state index contributed by atoms with van der Waals surface area (Å²) in [5.41, 5.74) is 0. The van der Waals surface area contributed by atoms with Crippen LogP contribution in [0.5, 0.6) is 0 Å². The second-order valence-corrected chi connectivity index (χ2v) is 22.2. The summed E-state index contributed by atoms with van der Waals surface area (Å²) < 4.78 is 22.9. The minimum atomic E-state index is -1.79. The fourth-order valence-electron chi connectivity index (χ4n) is 10.1. The van der Waals surface area contributed by atoms with E-state index >= 15 is 0 Å². The van der Waals surface area contributed by atoms with Gasteiger partial charge in [-0.25, -0.2) is 0 Å². The van der Waals surface area contributed by atoms with E-state index in [4.69, 9.17) is 18.9 Å². The fraction of sp³-hybridized carbons (Fsp3) is 0.800. The molecule has 458 valence electrons. The molecule has 2 aliphatic heterocycles. The molecule has 1 amide bonds. The summed E-state index contributed by atoms with van der Waals surface area (Å²) in [6.45, 7) is 2.75. The molecular weight excluding hydrogens is 1000 g/mol. The molecule has 0 radical (unpaired) electrons. The highest BCUT2D eigenvalue weighted by Gasteiger charge is 2.51. The molecule has 0 aromatic heterocycles. The molecule has 9 N–H and O–H groups in total. The van der Waals surface area contributed by atoms with Gasteiger partial charge in [0.05, 0.1) is 32.0 Å². The second-order valence-electron chi connectivity index (χ2n) is 22.2. The Labute approximate surface area is 478 Å². The molecule has 79 heavy (non-hydrogen) atoms. The van der Waals surface area contributed by atoms with E-state index in [1.807, 2.05) is 0 Å². The van der Waals surface area contributed by atoms with Crippen LogP contribution in [-0.4, -0.2) is 140 Å². The SMILES string of the molecule is CC/C=C\C/C=C\C/C=C\C/C=C\C/C=C\C/C=C\CCCCCCCCCCCCC(=O)NC(COC1OC(CO)C(OC2OC(CO)C(O)C(O)C2O)C(O)C1O)C(O)CCCCCCCCCCCCCCCCCC. The van der Waals surface area contributed by atoms with Gasteiger partial charge in [0.2, 0.25) is 5.91 Å². The molecule has 12 atom stereocenters. The number of aliphatic hydroxyl groups is 8. The van der Waals surface area contributed by atoms with Gasteiger partial charge in [-0.2, -0.15) is 0 Å². The molecular formula is C65H115NO13. The van der Waals surface area contributed by atoms with Crippen molar-refractivity contribution in [3.63, 3.8) is 0 Å². The van der Waals surface area contributed by atoms with Crippen LogP contribution < -0.4 is 5.32 Å². The van der Waals surface area contributed by atoms with Crippen LogP contribution in [-0.2, 0) is 23.7 Å². The number of carbonyl (C=O) groups excluding carboxylic acids is 1. The Morgan fingerprint density at radius 1 is 0.468 bits per heavy atom. The molecule has 14 nitrogen and oxygen atoms in total. The van der Waals surface area contributed by atoms with Crippen molar-refractivity contribution in [2.45, 2.75) is 312 Å². The maximum absolute atomic E-state index is 13.3. The van der Waals surface area contributed by atoms with Crippen molar-refractivity contribution in [2.24, 2.45) is 0 Å². The van der Waals surface area contributed by atoms with Crippen LogP contribution in [0.2, 0.25) is 0 Å². The van der Waals surface area contributed by atoms with Gasteiger partial charge in [-0.1, -0.05) is 241 Å². The zero-order chi connectivity index (χ0) is 57.4. The monoisotopic (exact) mass is 1120 g/mol. The first kappa shape index (κ1) is 72.5. The molecule has 2 heterocycles. The highest BCUT2D eigenvalue weighted by Crippen LogP contribution is 2.30. The number of aliphatic hydroxyl groups excluding tert-OH is 8. The Morgan fingerprint density at radius 3 is 1.34 bits per heavy atom. The van der Waals surface area contributed by atoms with Gasteiger partial charge in [0.1, 0.15) is 48.8 Å². The number of carbonyl (C=O) groups is 1. The van der Waals surface area contributed by atoms with Crippen molar-refractivity contribution in [3.05, 3.63) is 72.9 Å². The molecule has 0 aliphatic carbocycles. The van der Waals surface area contributed by atoms with Crippen LogP contribution in [0.4, 0.5) is 0 Å². The predicted molar refractivity (Wildman–Crippen MR) is 318 cm³/mol. The maximum atomic E-state index is 13.3. The Kier molecular flexibility index (Phi) is 45.9. The summed E-state index contributed by atoms with van der Waals surface area (Å²) >= 11 is 0. The molecule has 0 bridgehead atoms. The summed E-state index contributed by atoms with van der Waals surface area (Å²) in [4.78, 5) is 13.3. The molecule has 0 aromatic carbocycles. The van der Waals surface area contributed by atoms with Gasteiger partial charge in [0.25, 0.3) is 0 Å². The van der Waals surface area contributed by atoms with E-state index in [0.29, 0.717) is 19.3 Å². The normalized spacial score (nSPS) is 24.9. The largest absolute Gasteiger partial charge is 0.394 e. The Morgan fingerprint density at radius 2 is 0.873 bits per heavy atom. The number of ether oxygens (including phenoxy) is 4. The first-order valence-electron chi connectivity index (χ1n) is 31.7. The first-order chi connectivity index (χ1) is 38.6. The summed E-state index contributed by atoms with van der Waals surface area (Å²) in [6, 6.07) is -0.835. The van der Waals surface area contributed by atoms with Crippen molar-refractivity contribution in [1.82, 2.24) is 5.32 Å². The average Bonchev–Trinajstić information content (AvgIpc) is 3.48. The van der Waals surface area contributed by atoms with Gasteiger partial charge in [0.15, 0.2) is 12.6 Å². The lowest BCUT2D eigenvalue weighted by atomic mass is 9.97. The summed E-state index contributed by atoms with van der Waals surface area (Å²) in [7, 11) is 0. The van der Waals surface area contributed by atoms with E-state index in [0.717, 1.165) is 89.9 Å². The van der Waals surface area contributed by atoms with E-state index in [-0.39, 0.29) is 12.5 Å². The lowest BCUT2D eigenvalue weighted by molar-refractivity contribution is -0.359. The van der Waals surface area contributed by atoms with Crippen LogP contribution in [0.25, 0.3) is 0 Å². The third-order valence-electron chi connectivity index (χ3n) is 15.2. The topological polar surface area (TPSA) is 228 Å². The summed E-state index contributed by atoms with van der Waals surface area (Å²) in [5, 5.41) is 87.4. The highest BCUT2D eigenvalue weighted by atomic mass is 16.7. The number of allylic oxidation sites excluding steroid dienone is 12. The fourth-order valence-corrected chi connectivity index (χ4v) is 10.1. The van der Waals surface area contributed by atoms with Crippen molar-refractivity contribution >= 4 is 5.91 Å². The molecule has 2 saturated heterocycles. The molecule has 0 aromatic rings. The van der Waals surface area contributed by atoms with E-state index in [9.17, 15) is 45.6 Å². The Balaban J connectivity index is 1.70. The van der Waals surface area contributed by atoms with Gasteiger partial charge in [-0.3, -0.25) is 4.79 Å². The van der Waals surface area contributed by atoms with Crippen LogP contribution >= 0.6 is 0 Å². The van der Waals surface area contributed by atoms with Crippen molar-refractivity contribution in [3.8, 4) is 0 Å². The average molecular weight is 1120 g/mol. The number of hydrogen-bond donors (Lipinski definition) is 9. The number of rotatable bonds is 50. The zero-order valence-electron chi connectivity index (χ0n) is 49.3.